The van der Waals surface area contributed by atoms with Crippen LogP contribution in [0.15, 0.2) is 24.3 Å². The zero-order valence-electron chi connectivity index (χ0n) is 15.1. The van der Waals surface area contributed by atoms with E-state index in [9.17, 15) is 4.79 Å². The Labute approximate surface area is 151 Å². The molecule has 3 fully saturated rings. The fourth-order valence-electron chi connectivity index (χ4n) is 4.51. The summed E-state index contributed by atoms with van der Waals surface area (Å²) in [6, 6.07) is 8.76. The van der Waals surface area contributed by atoms with Crippen LogP contribution in [0.5, 0.6) is 0 Å². The van der Waals surface area contributed by atoms with Gasteiger partial charge in [-0.15, -0.1) is 0 Å². The topological polar surface area (TPSA) is 38.8 Å². The molecule has 25 heavy (non-hydrogen) atoms. The summed E-state index contributed by atoms with van der Waals surface area (Å²) in [6.07, 6.45) is 7.41. The van der Waals surface area contributed by atoms with E-state index in [2.05, 4.69) is 38.2 Å². The SMILES string of the molecule is O=C(Nc1cccc(N2CCCC2)c1)N1CCC[C@@H]1CN1CCCC1. The Morgan fingerprint density at radius 1 is 1.00 bits per heavy atom. The second-order valence-electron chi connectivity index (χ2n) is 7.67. The second-order valence-corrected chi connectivity index (χ2v) is 7.67. The summed E-state index contributed by atoms with van der Waals surface area (Å²) in [6.45, 7) is 6.58. The first-order valence-corrected chi connectivity index (χ1v) is 9.94. The van der Waals surface area contributed by atoms with E-state index in [1.54, 1.807) is 0 Å². The van der Waals surface area contributed by atoms with Crippen molar-refractivity contribution in [2.24, 2.45) is 0 Å². The second kappa shape index (κ2) is 7.65. The highest BCUT2D eigenvalue weighted by Gasteiger charge is 2.30. The molecule has 2 amide bonds. The third kappa shape index (κ3) is 3.92. The number of anilines is 2. The zero-order valence-corrected chi connectivity index (χ0v) is 15.1. The molecule has 3 aliphatic heterocycles. The molecule has 3 aliphatic rings. The van der Waals surface area contributed by atoms with Crippen molar-refractivity contribution in [3.05, 3.63) is 24.3 Å². The van der Waals surface area contributed by atoms with Gasteiger partial charge in [0.25, 0.3) is 0 Å². The highest BCUT2D eigenvalue weighted by Crippen LogP contribution is 2.25. The van der Waals surface area contributed by atoms with Gasteiger partial charge in [0.2, 0.25) is 0 Å². The number of carbonyl (C=O) groups is 1. The van der Waals surface area contributed by atoms with Gasteiger partial charge in [-0.1, -0.05) is 6.07 Å². The van der Waals surface area contributed by atoms with Crippen LogP contribution in [0.1, 0.15) is 38.5 Å². The van der Waals surface area contributed by atoms with E-state index in [1.807, 2.05) is 6.07 Å². The number of benzene rings is 1. The van der Waals surface area contributed by atoms with Crippen molar-refractivity contribution in [2.45, 2.75) is 44.6 Å². The molecule has 1 aromatic rings. The van der Waals surface area contributed by atoms with Crippen molar-refractivity contribution >= 4 is 17.4 Å². The minimum Gasteiger partial charge on any atom is -0.371 e. The van der Waals surface area contributed by atoms with Crippen molar-refractivity contribution in [3.8, 4) is 0 Å². The van der Waals surface area contributed by atoms with Crippen LogP contribution in [0, 0.1) is 0 Å². The minimum absolute atomic E-state index is 0.0697. The average Bonchev–Trinajstić information content (AvgIpc) is 3.38. The Hall–Kier alpha value is -1.75. The number of nitrogens with one attached hydrogen (secondary N) is 1. The number of carbonyl (C=O) groups excluding carboxylic acids is 1. The number of amides is 2. The van der Waals surface area contributed by atoms with E-state index in [0.717, 1.165) is 44.7 Å². The molecule has 0 radical (unpaired) electrons. The Morgan fingerprint density at radius 2 is 1.76 bits per heavy atom. The summed E-state index contributed by atoms with van der Waals surface area (Å²) in [7, 11) is 0. The molecule has 1 atom stereocenters. The highest BCUT2D eigenvalue weighted by atomic mass is 16.2. The molecule has 3 saturated heterocycles. The lowest BCUT2D eigenvalue weighted by Crippen LogP contribution is -2.44. The van der Waals surface area contributed by atoms with Crippen LogP contribution in [-0.2, 0) is 0 Å². The number of hydrogen-bond donors (Lipinski definition) is 1. The van der Waals surface area contributed by atoms with Crippen LogP contribution in [0.4, 0.5) is 16.2 Å². The summed E-state index contributed by atoms with van der Waals surface area (Å²) >= 11 is 0. The first kappa shape index (κ1) is 16.7. The number of urea groups is 1. The smallest absolute Gasteiger partial charge is 0.322 e. The van der Waals surface area contributed by atoms with Crippen molar-refractivity contribution in [2.75, 3.05) is 49.5 Å². The standard InChI is InChI=1S/C20H30N4O/c25-20(24-14-6-9-19(24)16-22-10-1-2-11-22)21-17-7-5-8-18(15-17)23-12-3-4-13-23/h5,7-8,15,19H,1-4,6,9-14,16H2,(H,21,25)/t19-/m1/s1. The predicted octanol–water partition coefficient (Wildman–Crippen LogP) is 3.38. The van der Waals surface area contributed by atoms with E-state index in [0.29, 0.717) is 6.04 Å². The molecule has 0 saturated carbocycles. The fraction of sp³-hybridized carbons (Fsp3) is 0.650. The van der Waals surface area contributed by atoms with Crippen LogP contribution < -0.4 is 10.2 Å². The summed E-state index contributed by atoms with van der Waals surface area (Å²) in [5.41, 5.74) is 2.14. The molecule has 5 heteroatoms. The third-order valence-electron chi connectivity index (χ3n) is 5.87. The average molecular weight is 342 g/mol. The van der Waals surface area contributed by atoms with Gasteiger partial charge in [-0.3, -0.25) is 0 Å². The molecule has 4 rings (SSSR count). The molecular weight excluding hydrogens is 312 g/mol. The molecule has 0 bridgehead atoms. The summed E-state index contributed by atoms with van der Waals surface area (Å²) in [4.78, 5) is 19.8. The van der Waals surface area contributed by atoms with E-state index in [1.165, 1.54) is 44.5 Å². The van der Waals surface area contributed by atoms with Crippen LogP contribution in [0.25, 0.3) is 0 Å². The molecule has 0 spiro atoms. The van der Waals surface area contributed by atoms with Gasteiger partial charge in [0.15, 0.2) is 0 Å². The van der Waals surface area contributed by atoms with Crippen molar-refractivity contribution in [3.63, 3.8) is 0 Å². The van der Waals surface area contributed by atoms with Crippen LogP contribution in [0.2, 0.25) is 0 Å². The number of likely N-dealkylation sites (tertiary alicyclic amines) is 2. The normalized spacial score (nSPS) is 24.2. The van der Waals surface area contributed by atoms with Gasteiger partial charge in [0.1, 0.15) is 0 Å². The molecule has 0 unspecified atom stereocenters. The Balaban J connectivity index is 1.38. The number of nitrogens with zero attached hydrogens (tertiary/aromatic N) is 3. The van der Waals surface area contributed by atoms with Crippen LogP contribution >= 0.6 is 0 Å². The molecule has 0 aliphatic carbocycles. The predicted molar refractivity (Wildman–Crippen MR) is 102 cm³/mol. The maximum Gasteiger partial charge on any atom is 0.322 e. The van der Waals surface area contributed by atoms with Gasteiger partial charge in [-0.25, -0.2) is 4.79 Å². The van der Waals surface area contributed by atoms with Gasteiger partial charge in [-0.2, -0.15) is 0 Å². The first-order valence-electron chi connectivity index (χ1n) is 9.94. The van der Waals surface area contributed by atoms with E-state index in [-0.39, 0.29) is 6.03 Å². The largest absolute Gasteiger partial charge is 0.371 e. The van der Waals surface area contributed by atoms with Gasteiger partial charge in [0, 0.05) is 43.6 Å². The zero-order chi connectivity index (χ0) is 17.1. The lowest BCUT2D eigenvalue weighted by atomic mass is 10.2. The number of rotatable bonds is 4. The quantitative estimate of drug-likeness (QED) is 0.912. The fourth-order valence-corrected chi connectivity index (χ4v) is 4.51. The van der Waals surface area contributed by atoms with Crippen molar-refractivity contribution in [1.82, 2.24) is 9.80 Å². The van der Waals surface area contributed by atoms with Gasteiger partial charge >= 0.3 is 6.03 Å². The lowest BCUT2D eigenvalue weighted by molar-refractivity contribution is 0.186. The maximum absolute atomic E-state index is 12.8. The minimum atomic E-state index is 0.0697. The molecule has 5 nitrogen and oxygen atoms in total. The molecule has 1 N–H and O–H groups in total. The summed E-state index contributed by atoms with van der Waals surface area (Å²) < 4.78 is 0. The Bertz CT molecular complexity index is 593. The lowest BCUT2D eigenvalue weighted by Gasteiger charge is -2.28. The molecule has 3 heterocycles. The van der Waals surface area contributed by atoms with E-state index in [4.69, 9.17) is 0 Å². The summed E-state index contributed by atoms with van der Waals surface area (Å²) in [5, 5.41) is 3.14. The van der Waals surface area contributed by atoms with E-state index >= 15 is 0 Å². The van der Waals surface area contributed by atoms with Gasteiger partial charge in [0.05, 0.1) is 0 Å². The monoisotopic (exact) mass is 342 g/mol. The highest BCUT2D eigenvalue weighted by molar-refractivity contribution is 5.90. The third-order valence-corrected chi connectivity index (χ3v) is 5.87. The molecular formula is C20H30N4O. The number of hydrogen-bond acceptors (Lipinski definition) is 3. The van der Waals surface area contributed by atoms with Gasteiger partial charge < -0.3 is 20.0 Å². The van der Waals surface area contributed by atoms with Crippen LogP contribution in [-0.4, -0.2) is 61.1 Å². The van der Waals surface area contributed by atoms with Crippen LogP contribution in [0.3, 0.4) is 0 Å². The van der Waals surface area contributed by atoms with Crippen molar-refractivity contribution in [1.29, 1.82) is 0 Å². The first-order chi connectivity index (χ1) is 12.3. The Kier molecular flexibility index (Phi) is 5.11. The summed E-state index contributed by atoms with van der Waals surface area (Å²) in [5.74, 6) is 0. The maximum atomic E-state index is 12.8. The molecule has 1 aromatic carbocycles. The molecule has 136 valence electrons. The Morgan fingerprint density at radius 3 is 2.56 bits per heavy atom. The van der Waals surface area contributed by atoms with E-state index < -0.39 is 0 Å². The molecule has 0 aromatic heterocycles. The van der Waals surface area contributed by atoms with Gasteiger partial charge in [-0.05, 0) is 69.8 Å². The van der Waals surface area contributed by atoms with Crippen molar-refractivity contribution < 1.29 is 4.79 Å².